The number of ether oxygens (including phenoxy) is 1. The molecule has 2 heterocycles. The lowest BCUT2D eigenvalue weighted by Gasteiger charge is -2.34. The van der Waals surface area contributed by atoms with Crippen molar-refractivity contribution >= 4 is 41.0 Å². The molecule has 0 atom stereocenters. The summed E-state index contributed by atoms with van der Waals surface area (Å²) in [6, 6.07) is 15.8. The van der Waals surface area contributed by atoms with Gasteiger partial charge < -0.3 is 25.2 Å². The van der Waals surface area contributed by atoms with E-state index < -0.39 is 0 Å². The number of aliphatic imine (C=N–C) groups is 1. The largest absolute Gasteiger partial charge is 0.494 e. The third-order valence-electron chi connectivity index (χ3n) is 5.74. The van der Waals surface area contributed by atoms with Crippen LogP contribution in [0, 0.1) is 0 Å². The number of rotatable bonds is 8. The summed E-state index contributed by atoms with van der Waals surface area (Å²) >= 11 is 0. The highest BCUT2D eigenvalue weighted by atomic mass is 16.5. The summed E-state index contributed by atoms with van der Waals surface area (Å²) in [7, 11) is 3.77. The molecule has 1 aliphatic rings. The lowest BCUT2D eigenvalue weighted by Crippen LogP contribution is -2.44. The highest BCUT2D eigenvalue weighted by Crippen LogP contribution is 2.33. The van der Waals surface area contributed by atoms with Crippen molar-refractivity contribution in [2.75, 3.05) is 55.9 Å². The molecule has 0 aliphatic carbocycles. The first-order valence-electron chi connectivity index (χ1n) is 11.1. The number of aromatic nitrogens is 2. The van der Waals surface area contributed by atoms with Gasteiger partial charge in [0, 0.05) is 43.6 Å². The van der Waals surface area contributed by atoms with Gasteiger partial charge in [-0.15, -0.1) is 0 Å². The summed E-state index contributed by atoms with van der Waals surface area (Å²) in [5, 5.41) is 5.82. The second-order valence-corrected chi connectivity index (χ2v) is 8.05. The number of amides is 1. The van der Waals surface area contributed by atoms with E-state index >= 15 is 0 Å². The van der Waals surface area contributed by atoms with Crippen LogP contribution in [0.4, 0.5) is 28.8 Å². The zero-order valence-corrected chi connectivity index (χ0v) is 19.7. The van der Waals surface area contributed by atoms with Crippen molar-refractivity contribution in [3.8, 4) is 5.75 Å². The first-order valence-corrected chi connectivity index (χ1v) is 11.1. The SMILES string of the molecule is COc1cc(N2CCN(C)CC2)ccc1Nc1ncc(/N=C(\C)c2ccccc2)c(NC=O)n1. The van der Waals surface area contributed by atoms with Gasteiger partial charge in [0.2, 0.25) is 12.4 Å². The summed E-state index contributed by atoms with van der Waals surface area (Å²) < 4.78 is 5.62. The van der Waals surface area contributed by atoms with E-state index in [2.05, 4.69) is 48.5 Å². The van der Waals surface area contributed by atoms with Crippen LogP contribution in [0.1, 0.15) is 12.5 Å². The second kappa shape index (κ2) is 10.8. The Morgan fingerprint density at radius 3 is 2.59 bits per heavy atom. The Bertz CT molecular complexity index is 1160. The van der Waals surface area contributed by atoms with Crippen LogP contribution in [0.15, 0.2) is 59.7 Å². The van der Waals surface area contributed by atoms with Crippen LogP contribution in [-0.4, -0.2) is 67.3 Å². The second-order valence-electron chi connectivity index (χ2n) is 8.05. The van der Waals surface area contributed by atoms with Crippen LogP contribution >= 0.6 is 0 Å². The maximum absolute atomic E-state index is 11.2. The molecule has 1 fully saturated rings. The van der Waals surface area contributed by atoms with Crippen LogP contribution in [0.3, 0.4) is 0 Å². The number of hydrogen-bond acceptors (Lipinski definition) is 8. The van der Waals surface area contributed by atoms with E-state index in [0.29, 0.717) is 29.6 Å². The van der Waals surface area contributed by atoms with Crippen molar-refractivity contribution in [1.82, 2.24) is 14.9 Å². The molecule has 2 N–H and O–H groups in total. The summed E-state index contributed by atoms with van der Waals surface area (Å²) in [5.74, 6) is 1.33. The lowest BCUT2D eigenvalue weighted by molar-refractivity contribution is -0.105. The van der Waals surface area contributed by atoms with Crippen molar-refractivity contribution in [3.05, 3.63) is 60.3 Å². The molecule has 1 aliphatic heterocycles. The van der Waals surface area contributed by atoms with Crippen LogP contribution in [0.2, 0.25) is 0 Å². The molecule has 1 amide bonds. The lowest BCUT2D eigenvalue weighted by atomic mass is 10.1. The van der Waals surface area contributed by atoms with Crippen molar-refractivity contribution < 1.29 is 9.53 Å². The van der Waals surface area contributed by atoms with Gasteiger partial charge in [-0.05, 0) is 31.7 Å². The van der Waals surface area contributed by atoms with E-state index in [1.807, 2.05) is 49.4 Å². The Labute approximate surface area is 199 Å². The summed E-state index contributed by atoms with van der Waals surface area (Å²) in [6.07, 6.45) is 2.16. The predicted octanol–water partition coefficient (Wildman–Crippen LogP) is 3.69. The molecular formula is C25H29N7O2. The molecule has 3 aromatic rings. The molecule has 0 unspecified atom stereocenters. The summed E-state index contributed by atoms with van der Waals surface area (Å²) in [4.78, 5) is 29.3. The monoisotopic (exact) mass is 459 g/mol. The Morgan fingerprint density at radius 2 is 1.88 bits per heavy atom. The van der Waals surface area contributed by atoms with Crippen molar-refractivity contribution in [3.63, 3.8) is 0 Å². The van der Waals surface area contributed by atoms with Crippen molar-refractivity contribution in [2.45, 2.75) is 6.92 Å². The number of anilines is 4. The van der Waals surface area contributed by atoms with Gasteiger partial charge in [0.05, 0.1) is 19.0 Å². The smallest absolute Gasteiger partial charge is 0.229 e. The molecule has 176 valence electrons. The van der Waals surface area contributed by atoms with Gasteiger partial charge in [-0.3, -0.25) is 4.79 Å². The van der Waals surface area contributed by atoms with E-state index in [9.17, 15) is 4.79 Å². The molecule has 0 spiro atoms. The summed E-state index contributed by atoms with van der Waals surface area (Å²) in [5.41, 5.74) is 4.08. The number of benzene rings is 2. The Balaban J connectivity index is 1.56. The number of methoxy groups -OCH3 is 1. The molecule has 9 heteroatoms. The van der Waals surface area contributed by atoms with Crippen LogP contribution in [0.5, 0.6) is 5.75 Å². The maximum atomic E-state index is 11.2. The van der Waals surface area contributed by atoms with Crippen molar-refractivity contribution in [1.29, 1.82) is 0 Å². The molecule has 2 aromatic carbocycles. The molecule has 0 bridgehead atoms. The molecule has 0 radical (unpaired) electrons. The van der Waals surface area contributed by atoms with Gasteiger partial charge in [-0.25, -0.2) is 9.98 Å². The minimum Gasteiger partial charge on any atom is -0.494 e. The molecule has 1 saturated heterocycles. The topological polar surface area (TPSA) is 95.0 Å². The van der Waals surface area contributed by atoms with E-state index in [-0.39, 0.29) is 0 Å². The number of likely N-dealkylation sites (N-methyl/N-ethyl adjacent to an activating group) is 1. The zero-order valence-electron chi connectivity index (χ0n) is 19.7. The van der Waals surface area contributed by atoms with Gasteiger partial charge in [-0.1, -0.05) is 30.3 Å². The Hall–Kier alpha value is -3.98. The molecule has 34 heavy (non-hydrogen) atoms. The van der Waals surface area contributed by atoms with Crippen LogP contribution in [0.25, 0.3) is 0 Å². The van der Waals surface area contributed by atoms with E-state index in [1.165, 1.54) is 0 Å². The summed E-state index contributed by atoms with van der Waals surface area (Å²) in [6.45, 7) is 5.91. The fourth-order valence-corrected chi connectivity index (χ4v) is 3.77. The molecular weight excluding hydrogens is 430 g/mol. The molecule has 1 aromatic heterocycles. The fraction of sp³-hybridized carbons (Fsp3) is 0.280. The maximum Gasteiger partial charge on any atom is 0.229 e. The number of piperazine rings is 1. The number of carbonyl (C=O) groups excluding carboxylic acids is 1. The van der Waals surface area contributed by atoms with Gasteiger partial charge >= 0.3 is 0 Å². The fourth-order valence-electron chi connectivity index (χ4n) is 3.77. The zero-order chi connectivity index (χ0) is 23.9. The third-order valence-corrected chi connectivity index (χ3v) is 5.74. The van der Waals surface area contributed by atoms with E-state index in [1.54, 1.807) is 13.3 Å². The minimum atomic E-state index is 0.316. The highest BCUT2D eigenvalue weighted by Gasteiger charge is 2.16. The van der Waals surface area contributed by atoms with Crippen LogP contribution in [-0.2, 0) is 4.79 Å². The molecule has 0 saturated carbocycles. The average molecular weight is 460 g/mol. The van der Waals surface area contributed by atoms with Gasteiger partial charge in [0.1, 0.15) is 11.4 Å². The Morgan fingerprint density at radius 1 is 1.12 bits per heavy atom. The highest BCUT2D eigenvalue weighted by molar-refractivity contribution is 6.01. The Kier molecular flexibility index (Phi) is 7.34. The molecule has 9 nitrogen and oxygen atoms in total. The average Bonchev–Trinajstić information content (AvgIpc) is 2.87. The number of carbonyl (C=O) groups is 1. The molecule has 4 rings (SSSR count). The van der Waals surface area contributed by atoms with Crippen molar-refractivity contribution in [2.24, 2.45) is 4.99 Å². The van der Waals surface area contributed by atoms with E-state index in [0.717, 1.165) is 48.8 Å². The first kappa shape index (κ1) is 23.2. The number of nitrogens with zero attached hydrogens (tertiary/aromatic N) is 5. The van der Waals surface area contributed by atoms with Gasteiger partial charge in [-0.2, -0.15) is 4.98 Å². The minimum absolute atomic E-state index is 0.316. The van der Waals surface area contributed by atoms with Crippen LogP contribution < -0.4 is 20.3 Å². The number of nitrogens with one attached hydrogen (secondary N) is 2. The standard InChI is InChI=1S/C25H29N7O2/c1-18(19-7-5-4-6-8-19)28-22-16-26-25(30-24(22)27-17-33)29-21-10-9-20(15-23(21)34-3)32-13-11-31(2)12-14-32/h4-10,15-17H,11-14H2,1-3H3,(H2,26,27,29,30,33)/b28-18+. The number of hydrogen-bond donors (Lipinski definition) is 2. The van der Waals surface area contributed by atoms with E-state index in [4.69, 9.17) is 4.74 Å². The normalized spacial score (nSPS) is 14.6. The van der Waals surface area contributed by atoms with Gasteiger partial charge in [0.25, 0.3) is 0 Å². The third kappa shape index (κ3) is 5.49. The predicted molar refractivity (Wildman–Crippen MR) is 136 cm³/mol. The first-order chi connectivity index (χ1) is 16.6. The van der Waals surface area contributed by atoms with Gasteiger partial charge in [0.15, 0.2) is 5.82 Å². The quantitative estimate of drug-likeness (QED) is 0.392.